The number of carbonyl (C=O) groups is 1. The second-order valence-electron chi connectivity index (χ2n) is 11.7. The van der Waals surface area contributed by atoms with Gasteiger partial charge in [0.25, 0.3) is 0 Å². The molecule has 0 saturated heterocycles. The van der Waals surface area contributed by atoms with Crippen molar-refractivity contribution in [1.82, 2.24) is 24.1 Å². The highest BCUT2D eigenvalue weighted by atomic mass is 35.5. The summed E-state index contributed by atoms with van der Waals surface area (Å²) in [6.07, 6.45) is 4.10. The predicted molar refractivity (Wildman–Crippen MR) is 185 cm³/mol. The zero-order chi connectivity index (χ0) is 31.8. The van der Waals surface area contributed by atoms with Crippen molar-refractivity contribution in [3.8, 4) is 16.9 Å². The van der Waals surface area contributed by atoms with Gasteiger partial charge in [0, 0.05) is 76.3 Å². The molecule has 0 bridgehead atoms. The van der Waals surface area contributed by atoms with Crippen molar-refractivity contribution in [2.75, 3.05) is 6.61 Å². The molecule has 5 aromatic rings. The van der Waals surface area contributed by atoms with Crippen LogP contribution in [0.25, 0.3) is 22.0 Å². The summed E-state index contributed by atoms with van der Waals surface area (Å²) in [7, 11) is 3.87. The van der Waals surface area contributed by atoms with Crippen LogP contribution in [-0.2, 0) is 50.7 Å². The number of carboxylic acid groups (broad SMARTS) is 1. The van der Waals surface area contributed by atoms with E-state index in [1.54, 1.807) is 11.8 Å². The number of rotatable bonds is 12. The molecule has 6 rings (SSSR count). The van der Waals surface area contributed by atoms with Crippen LogP contribution in [0, 0.1) is 13.8 Å². The number of hydrogen-bond donors (Lipinski definition) is 2. The number of benzene rings is 2. The van der Waals surface area contributed by atoms with Gasteiger partial charge in [0.15, 0.2) is 0 Å². The van der Waals surface area contributed by atoms with Gasteiger partial charge in [-0.15, -0.1) is 11.8 Å². The number of aromatic nitrogens is 5. The lowest BCUT2D eigenvalue weighted by atomic mass is 9.97. The summed E-state index contributed by atoms with van der Waals surface area (Å²) in [6.45, 7) is 4.91. The minimum absolute atomic E-state index is 0.277. The summed E-state index contributed by atoms with van der Waals surface area (Å²) in [4.78, 5) is 12.7. The molecular formula is C34H38ClN5O3S2. The molecule has 0 saturated carbocycles. The van der Waals surface area contributed by atoms with E-state index in [9.17, 15) is 9.90 Å². The zero-order valence-electron chi connectivity index (χ0n) is 26.1. The van der Waals surface area contributed by atoms with Crippen LogP contribution < -0.4 is 4.74 Å². The largest absolute Gasteiger partial charge is 0.494 e. The lowest BCUT2D eigenvalue weighted by Gasteiger charge is -2.12. The van der Waals surface area contributed by atoms with Crippen molar-refractivity contribution in [3.63, 3.8) is 0 Å². The average Bonchev–Trinajstić information content (AvgIpc) is 3.76. The number of hydrogen-bond acceptors (Lipinski definition) is 6. The first-order valence-corrected chi connectivity index (χ1v) is 17.4. The molecule has 3 aromatic heterocycles. The van der Waals surface area contributed by atoms with E-state index >= 15 is 0 Å². The van der Waals surface area contributed by atoms with E-state index in [2.05, 4.69) is 35.9 Å². The molecule has 2 aromatic carbocycles. The third-order valence-corrected chi connectivity index (χ3v) is 10.4. The second-order valence-corrected chi connectivity index (χ2v) is 13.4. The van der Waals surface area contributed by atoms with Crippen molar-refractivity contribution < 1.29 is 14.6 Å². The van der Waals surface area contributed by atoms with Crippen molar-refractivity contribution >= 4 is 52.9 Å². The molecule has 236 valence electrons. The van der Waals surface area contributed by atoms with Crippen LogP contribution in [0.1, 0.15) is 62.8 Å². The van der Waals surface area contributed by atoms with Gasteiger partial charge in [0.2, 0.25) is 0 Å². The molecular weight excluding hydrogens is 626 g/mol. The van der Waals surface area contributed by atoms with Crippen molar-refractivity contribution in [1.29, 1.82) is 0 Å². The maximum atomic E-state index is 12.7. The molecule has 0 unspecified atom stereocenters. The number of nitrogens with zero attached hydrogens (tertiary/aromatic N) is 5. The first-order valence-electron chi connectivity index (χ1n) is 15.2. The van der Waals surface area contributed by atoms with Gasteiger partial charge in [-0.05, 0) is 86.6 Å². The first-order chi connectivity index (χ1) is 21.7. The van der Waals surface area contributed by atoms with Gasteiger partial charge in [0.05, 0.1) is 18.0 Å². The van der Waals surface area contributed by atoms with E-state index in [1.807, 2.05) is 60.1 Å². The summed E-state index contributed by atoms with van der Waals surface area (Å²) in [5.74, 6) is 1.95. The van der Waals surface area contributed by atoms with Crippen LogP contribution >= 0.6 is 36.0 Å². The number of fused-ring (bicyclic) bond motifs is 2. The van der Waals surface area contributed by atoms with E-state index in [-0.39, 0.29) is 5.69 Å². The van der Waals surface area contributed by atoms with Gasteiger partial charge in [-0.25, -0.2) is 4.79 Å². The molecule has 0 aliphatic heterocycles. The standard InChI is InChI=1S/C34H38ClN5O3S2/c1-20-30-29(40(33(20)34(41)42)13-6-14-43-26-10-9-22-7-5-8-23(22)15-26)12-11-27(35)32(30)31-21(2)38(3)37-28(31)19-45-18-24-16-25(17-44)39(4)36-24/h9-12,15-16,44H,5-8,13-14,17-19H2,1-4H3,(H,41,42). The average molecular weight is 664 g/mol. The van der Waals surface area contributed by atoms with Crippen LogP contribution in [0.15, 0.2) is 36.4 Å². The molecule has 0 atom stereocenters. The molecule has 1 aliphatic carbocycles. The van der Waals surface area contributed by atoms with Crippen molar-refractivity contribution in [2.24, 2.45) is 14.1 Å². The number of halogens is 1. The normalized spacial score (nSPS) is 12.8. The van der Waals surface area contributed by atoms with E-state index in [4.69, 9.17) is 21.4 Å². The predicted octanol–water partition coefficient (Wildman–Crippen LogP) is 7.56. The molecule has 1 aliphatic rings. The van der Waals surface area contributed by atoms with Gasteiger partial charge >= 0.3 is 5.97 Å². The topological polar surface area (TPSA) is 87.1 Å². The van der Waals surface area contributed by atoms with Gasteiger partial charge in [-0.2, -0.15) is 22.8 Å². The zero-order valence-corrected chi connectivity index (χ0v) is 28.5. The molecule has 0 spiro atoms. The monoisotopic (exact) mass is 663 g/mol. The van der Waals surface area contributed by atoms with E-state index in [0.29, 0.717) is 41.7 Å². The van der Waals surface area contributed by atoms with E-state index < -0.39 is 5.97 Å². The maximum absolute atomic E-state index is 12.7. The number of ether oxygens (including phenoxy) is 1. The quantitative estimate of drug-likeness (QED) is 0.106. The number of aryl methyl sites for hydroxylation is 6. The number of carboxylic acids is 1. The Morgan fingerprint density at radius 3 is 2.60 bits per heavy atom. The molecule has 45 heavy (non-hydrogen) atoms. The number of thioether (sulfide) groups is 1. The van der Waals surface area contributed by atoms with E-state index in [1.165, 1.54) is 17.5 Å². The Morgan fingerprint density at radius 1 is 1.04 bits per heavy atom. The number of thiol groups is 1. The third kappa shape index (κ3) is 6.12. The van der Waals surface area contributed by atoms with Crippen LogP contribution in [0.3, 0.4) is 0 Å². The van der Waals surface area contributed by atoms with E-state index in [0.717, 1.165) is 69.1 Å². The third-order valence-electron chi connectivity index (χ3n) is 8.83. The molecule has 0 radical (unpaired) electrons. The van der Waals surface area contributed by atoms with Gasteiger partial charge < -0.3 is 14.4 Å². The fourth-order valence-corrected chi connectivity index (χ4v) is 7.96. The highest BCUT2D eigenvalue weighted by molar-refractivity contribution is 7.97. The molecule has 3 heterocycles. The fraction of sp³-hybridized carbons (Fsp3) is 0.382. The highest BCUT2D eigenvalue weighted by Gasteiger charge is 2.27. The Morgan fingerprint density at radius 2 is 1.84 bits per heavy atom. The van der Waals surface area contributed by atoms with Gasteiger partial charge in [-0.3, -0.25) is 9.36 Å². The molecule has 8 nitrogen and oxygen atoms in total. The summed E-state index contributed by atoms with van der Waals surface area (Å²) < 4.78 is 11.7. The summed E-state index contributed by atoms with van der Waals surface area (Å²) >= 11 is 13.1. The van der Waals surface area contributed by atoms with Crippen LogP contribution in [0.2, 0.25) is 5.02 Å². The maximum Gasteiger partial charge on any atom is 0.352 e. The fourth-order valence-electron chi connectivity index (χ4n) is 6.56. The lowest BCUT2D eigenvalue weighted by Crippen LogP contribution is -2.12. The minimum atomic E-state index is -0.958. The summed E-state index contributed by atoms with van der Waals surface area (Å²) in [5.41, 5.74) is 10.4. The second kappa shape index (κ2) is 13.2. The van der Waals surface area contributed by atoms with Gasteiger partial charge in [-0.1, -0.05) is 17.7 Å². The summed E-state index contributed by atoms with van der Waals surface area (Å²) in [5, 5.41) is 21.3. The Balaban J connectivity index is 1.29. The van der Waals surface area contributed by atoms with Crippen LogP contribution in [-0.4, -0.2) is 41.8 Å². The Kier molecular flexibility index (Phi) is 9.27. The smallest absolute Gasteiger partial charge is 0.352 e. The van der Waals surface area contributed by atoms with Crippen LogP contribution in [0.4, 0.5) is 0 Å². The first kappa shape index (κ1) is 31.6. The van der Waals surface area contributed by atoms with Crippen molar-refractivity contribution in [2.45, 2.75) is 63.3 Å². The molecule has 11 heteroatoms. The Hall–Kier alpha value is -3.34. The van der Waals surface area contributed by atoms with Crippen LogP contribution in [0.5, 0.6) is 5.75 Å². The lowest BCUT2D eigenvalue weighted by molar-refractivity contribution is 0.0684. The van der Waals surface area contributed by atoms with Gasteiger partial charge in [0.1, 0.15) is 11.4 Å². The Bertz CT molecular complexity index is 1910. The SMILES string of the molecule is Cc1c(C(=O)O)n(CCCOc2ccc3c(c2)CCC3)c2ccc(Cl)c(-c3c(CSCc4cc(CS)n(C)n4)nn(C)c3C)c12. The molecule has 0 amide bonds. The molecule has 1 N–H and O–H groups in total. The minimum Gasteiger partial charge on any atom is -0.494 e. The highest BCUT2D eigenvalue weighted by Crippen LogP contribution is 2.43. The Labute approximate surface area is 278 Å². The number of aromatic carboxylic acids is 1. The molecule has 0 fully saturated rings. The summed E-state index contributed by atoms with van der Waals surface area (Å²) in [6, 6.07) is 12.2. The van der Waals surface area contributed by atoms with Crippen molar-refractivity contribution in [3.05, 3.63) is 86.6 Å².